The van der Waals surface area contributed by atoms with Crippen LogP contribution < -0.4 is 14.8 Å². The molecule has 0 saturated carbocycles. The Labute approximate surface area is 144 Å². The number of rotatable bonds is 7. The van der Waals surface area contributed by atoms with E-state index in [-0.39, 0.29) is 5.91 Å². The molecule has 0 saturated heterocycles. The average molecular weight is 339 g/mol. The SMILES string of the molecule is COc1ccc(OCCNC(=O)c2ccc(-c3nnco3)cc2)cc1. The first-order valence-electron chi connectivity index (χ1n) is 7.68. The average Bonchev–Trinajstić information content (AvgIpc) is 3.20. The van der Waals surface area contributed by atoms with Crippen LogP contribution in [0, 0.1) is 0 Å². The molecule has 128 valence electrons. The fraction of sp³-hybridized carbons (Fsp3) is 0.167. The van der Waals surface area contributed by atoms with Crippen LogP contribution in [0.25, 0.3) is 11.5 Å². The van der Waals surface area contributed by atoms with E-state index in [4.69, 9.17) is 13.9 Å². The van der Waals surface area contributed by atoms with E-state index in [2.05, 4.69) is 15.5 Å². The number of carbonyl (C=O) groups is 1. The number of hydrogen-bond donors (Lipinski definition) is 1. The van der Waals surface area contributed by atoms with Crippen molar-refractivity contribution in [2.45, 2.75) is 0 Å². The monoisotopic (exact) mass is 339 g/mol. The molecule has 2 aromatic carbocycles. The fourth-order valence-electron chi connectivity index (χ4n) is 2.17. The molecule has 3 aromatic rings. The zero-order chi connectivity index (χ0) is 17.5. The summed E-state index contributed by atoms with van der Waals surface area (Å²) in [5.41, 5.74) is 1.31. The van der Waals surface area contributed by atoms with Crippen LogP contribution in [0.3, 0.4) is 0 Å². The van der Waals surface area contributed by atoms with E-state index >= 15 is 0 Å². The molecule has 25 heavy (non-hydrogen) atoms. The molecular formula is C18H17N3O4. The lowest BCUT2D eigenvalue weighted by atomic mass is 10.1. The second-order valence-electron chi connectivity index (χ2n) is 5.10. The van der Waals surface area contributed by atoms with Crippen molar-refractivity contribution in [2.24, 2.45) is 0 Å². The molecule has 0 aliphatic carbocycles. The number of aromatic nitrogens is 2. The number of nitrogens with zero attached hydrogens (tertiary/aromatic N) is 2. The minimum Gasteiger partial charge on any atom is -0.497 e. The van der Waals surface area contributed by atoms with Crippen molar-refractivity contribution >= 4 is 5.91 Å². The molecule has 0 unspecified atom stereocenters. The van der Waals surface area contributed by atoms with Crippen molar-refractivity contribution in [3.63, 3.8) is 0 Å². The van der Waals surface area contributed by atoms with Gasteiger partial charge in [0.15, 0.2) is 0 Å². The van der Waals surface area contributed by atoms with Crippen LogP contribution in [-0.2, 0) is 0 Å². The molecule has 1 heterocycles. The van der Waals surface area contributed by atoms with Gasteiger partial charge in [-0.25, -0.2) is 0 Å². The molecule has 1 aromatic heterocycles. The molecule has 0 spiro atoms. The van der Waals surface area contributed by atoms with Crippen molar-refractivity contribution in [1.29, 1.82) is 0 Å². The molecule has 0 bridgehead atoms. The van der Waals surface area contributed by atoms with Gasteiger partial charge in [-0.1, -0.05) is 0 Å². The van der Waals surface area contributed by atoms with Crippen LogP contribution in [0.2, 0.25) is 0 Å². The van der Waals surface area contributed by atoms with E-state index in [1.54, 1.807) is 31.4 Å². The number of carbonyl (C=O) groups excluding carboxylic acids is 1. The van der Waals surface area contributed by atoms with Crippen LogP contribution >= 0.6 is 0 Å². The maximum atomic E-state index is 12.1. The molecule has 0 atom stereocenters. The fourth-order valence-corrected chi connectivity index (χ4v) is 2.17. The molecule has 7 nitrogen and oxygen atoms in total. The number of amides is 1. The number of nitrogens with one attached hydrogen (secondary N) is 1. The zero-order valence-electron chi connectivity index (χ0n) is 13.6. The Morgan fingerprint density at radius 2 is 1.80 bits per heavy atom. The Morgan fingerprint density at radius 1 is 1.08 bits per heavy atom. The molecule has 3 rings (SSSR count). The largest absolute Gasteiger partial charge is 0.497 e. The van der Waals surface area contributed by atoms with Gasteiger partial charge in [0.1, 0.15) is 18.1 Å². The zero-order valence-corrected chi connectivity index (χ0v) is 13.6. The first-order valence-corrected chi connectivity index (χ1v) is 7.68. The maximum absolute atomic E-state index is 12.1. The first kappa shape index (κ1) is 16.5. The highest BCUT2D eigenvalue weighted by molar-refractivity contribution is 5.94. The van der Waals surface area contributed by atoms with E-state index < -0.39 is 0 Å². The standard InChI is InChI=1S/C18H17N3O4/c1-23-15-6-8-16(9-7-15)24-11-10-19-17(22)13-2-4-14(5-3-13)18-21-20-12-25-18/h2-9,12H,10-11H2,1H3,(H,19,22). The molecule has 0 aliphatic heterocycles. The van der Waals surface area contributed by atoms with Gasteiger partial charge in [0, 0.05) is 11.1 Å². The van der Waals surface area contributed by atoms with E-state index in [1.807, 2.05) is 24.3 Å². The lowest BCUT2D eigenvalue weighted by Gasteiger charge is -2.08. The summed E-state index contributed by atoms with van der Waals surface area (Å²) in [7, 11) is 1.61. The second-order valence-corrected chi connectivity index (χ2v) is 5.10. The van der Waals surface area contributed by atoms with Gasteiger partial charge >= 0.3 is 0 Å². The molecule has 1 amide bonds. The van der Waals surface area contributed by atoms with Crippen molar-refractivity contribution in [3.05, 3.63) is 60.5 Å². The summed E-state index contributed by atoms with van der Waals surface area (Å²) in [6, 6.07) is 14.2. The van der Waals surface area contributed by atoms with E-state index in [0.717, 1.165) is 17.1 Å². The molecule has 0 fully saturated rings. The molecular weight excluding hydrogens is 322 g/mol. The van der Waals surface area contributed by atoms with Gasteiger partial charge in [0.2, 0.25) is 12.3 Å². The Balaban J connectivity index is 1.45. The highest BCUT2D eigenvalue weighted by atomic mass is 16.5. The Hall–Kier alpha value is -3.35. The number of benzene rings is 2. The van der Waals surface area contributed by atoms with Crippen LogP contribution in [0.4, 0.5) is 0 Å². The third-order valence-electron chi connectivity index (χ3n) is 3.47. The lowest BCUT2D eigenvalue weighted by Crippen LogP contribution is -2.28. The van der Waals surface area contributed by atoms with Crippen LogP contribution in [0.15, 0.2) is 59.3 Å². The van der Waals surface area contributed by atoms with Gasteiger partial charge < -0.3 is 19.2 Å². The molecule has 0 aliphatic rings. The smallest absolute Gasteiger partial charge is 0.251 e. The van der Waals surface area contributed by atoms with Crippen LogP contribution in [0.5, 0.6) is 11.5 Å². The van der Waals surface area contributed by atoms with Gasteiger partial charge in [-0.3, -0.25) is 4.79 Å². The maximum Gasteiger partial charge on any atom is 0.251 e. The first-order chi connectivity index (χ1) is 12.3. The summed E-state index contributed by atoms with van der Waals surface area (Å²) in [6.45, 7) is 0.772. The Kier molecular flexibility index (Phi) is 5.26. The van der Waals surface area contributed by atoms with Gasteiger partial charge in [-0.05, 0) is 48.5 Å². The lowest BCUT2D eigenvalue weighted by molar-refractivity contribution is 0.0947. The van der Waals surface area contributed by atoms with Gasteiger partial charge in [-0.2, -0.15) is 0 Å². The normalized spacial score (nSPS) is 10.3. The van der Waals surface area contributed by atoms with Crippen molar-refractivity contribution in [2.75, 3.05) is 20.3 Å². The third kappa shape index (κ3) is 4.35. The van der Waals surface area contributed by atoms with Gasteiger partial charge in [0.25, 0.3) is 5.91 Å². The predicted molar refractivity (Wildman–Crippen MR) is 90.6 cm³/mol. The topological polar surface area (TPSA) is 86.5 Å². The predicted octanol–water partition coefficient (Wildman–Crippen LogP) is 2.55. The van der Waals surface area contributed by atoms with Crippen molar-refractivity contribution in [3.8, 4) is 23.0 Å². The summed E-state index contributed by atoms with van der Waals surface area (Å²) in [5, 5.41) is 10.2. The minimum atomic E-state index is -0.171. The van der Waals surface area contributed by atoms with E-state index in [9.17, 15) is 4.79 Å². The van der Waals surface area contributed by atoms with Crippen molar-refractivity contribution < 1.29 is 18.7 Å². The minimum absolute atomic E-state index is 0.171. The summed E-state index contributed by atoms with van der Waals surface area (Å²) in [6.07, 6.45) is 1.26. The number of hydrogen-bond acceptors (Lipinski definition) is 6. The Morgan fingerprint density at radius 3 is 2.44 bits per heavy atom. The van der Waals surface area contributed by atoms with E-state index in [0.29, 0.717) is 24.6 Å². The summed E-state index contributed by atoms with van der Waals surface area (Å²) >= 11 is 0. The summed E-state index contributed by atoms with van der Waals surface area (Å²) < 4.78 is 15.8. The third-order valence-corrected chi connectivity index (χ3v) is 3.47. The second kappa shape index (κ2) is 7.96. The number of ether oxygens (including phenoxy) is 2. The molecule has 7 heteroatoms. The highest BCUT2D eigenvalue weighted by Crippen LogP contribution is 2.17. The summed E-state index contributed by atoms with van der Waals surface area (Å²) in [5.74, 6) is 1.74. The van der Waals surface area contributed by atoms with Crippen LogP contribution in [-0.4, -0.2) is 36.4 Å². The highest BCUT2D eigenvalue weighted by Gasteiger charge is 2.07. The van der Waals surface area contributed by atoms with Crippen LogP contribution in [0.1, 0.15) is 10.4 Å². The quantitative estimate of drug-likeness (QED) is 0.666. The number of methoxy groups -OCH3 is 1. The van der Waals surface area contributed by atoms with E-state index in [1.165, 1.54) is 6.39 Å². The molecule has 0 radical (unpaired) electrons. The summed E-state index contributed by atoms with van der Waals surface area (Å²) in [4.78, 5) is 12.1. The van der Waals surface area contributed by atoms with Crippen molar-refractivity contribution in [1.82, 2.24) is 15.5 Å². The van der Waals surface area contributed by atoms with Gasteiger partial charge in [0.05, 0.1) is 13.7 Å². The Bertz CT molecular complexity index is 799. The van der Waals surface area contributed by atoms with Gasteiger partial charge in [-0.15, -0.1) is 10.2 Å². The molecule has 1 N–H and O–H groups in total.